The van der Waals surface area contributed by atoms with Crippen molar-refractivity contribution < 1.29 is 9.18 Å². The third-order valence-electron chi connectivity index (χ3n) is 3.42. The highest BCUT2D eigenvalue weighted by molar-refractivity contribution is 7.99. The summed E-state index contributed by atoms with van der Waals surface area (Å²) >= 11 is 1.19. The van der Waals surface area contributed by atoms with Gasteiger partial charge in [0.1, 0.15) is 5.82 Å². The van der Waals surface area contributed by atoms with Crippen LogP contribution in [0.4, 0.5) is 4.39 Å². The lowest BCUT2D eigenvalue weighted by Gasteiger charge is -2.13. The van der Waals surface area contributed by atoms with Crippen LogP contribution < -0.4 is 11.3 Å². The number of amides is 1. The van der Waals surface area contributed by atoms with E-state index < -0.39 is 11.7 Å². The van der Waals surface area contributed by atoms with E-state index >= 15 is 0 Å². The molecule has 122 valence electrons. The van der Waals surface area contributed by atoms with Crippen LogP contribution in [-0.4, -0.2) is 21.2 Å². The first-order chi connectivity index (χ1) is 11.6. The SMILES string of the molecule is NC(=O)CCSc1nc2ccccc2c(=O)n1-c1ccccc1F. The Morgan fingerprint density at radius 1 is 1.17 bits per heavy atom. The van der Waals surface area contributed by atoms with Crippen molar-refractivity contribution in [3.63, 3.8) is 0 Å². The molecule has 3 rings (SSSR count). The summed E-state index contributed by atoms with van der Waals surface area (Å²) in [5.41, 5.74) is 5.45. The van der Waals surface area contributed by atoms with E-state index in [1.54, 1.807) is 36.4 Å². The molecule has 0 unspecified atom stereocenters. The number of para-hydroxylation sites is 2. The Bertz CT molecular complexity index is 971. The zero-order valence-corrected chi connectivity index (χ0v) is 13.4. The predicted octanol–water partition coefficient (Wildman–Crippen LogP) is 2.49. The van der Waals surface area contributed by atoms with Crippen LogP contribution in [0.25, 0.3) is 16.6 Å². The molecule has 0 aliphatic rings. The molecule has 0 atom stereocenters. The van der Waals surface area contributed by atoms with Crippen LogP contribution >= 0.6 is 11.8 Å². The number of nitrogens with two attached hydrogens (primary N) is 1. The second kappa shape index (κ2) is 6.84. The molecule has 2 aromatic carbocycles. The van der Waals surface area contributed by atoms with Crippen LogP contribution in [0.15, 0.2) is 58.5 Å². The molecule has 0 spiro atoms. The van der Waals surface area contributed by atoms with Crippen molar-refractivity contribution in [2.45, 2.75) is 11.6 Å². The smallest absolute Gasteiger partial charge is 0.266 e. The van der Waals surface area contributed by atoms with Crippen molar-refractivity contribution in [2.75, 3.05) is 5.75 Å². The van der Waals surface area contributed by atoms with Gasteiger partial charge in [-0.2, -0.15) is 0 Å². The molecule has 0 fully saturated rings. The van der Waals surface area contributed by atoms with Gasteiger partial charge in [-0.3, -0.25) is 14.2 Å². The Morgan fingerprint density at radius 3 is 2.62 bits per heavy atom. The van der Waals surface area contributed by atoms with E-state index in [0.717, 1.165) is 0 Å². The topological polar surface area (TPSA) is 78.0 Å². The van der Waals surface area contributed by atoms with Crippen LogP contribution in [0.2, 0.25) is 0 Å². The lowest BCUT2D eigenvalue weighted by molar-refractivity contribution is -0.117. The quantitative estimate of drug-likeness (QED) is 0.570. The number of benzene rings is 2. The molecule has 0 radical (unpaired) electrons. The molecule has 0 aliphatic heterocycles. The Hall–Kier alpha value is -2.67. The van der Waals surface area contributed by atoms with E-state index in [4.69, 9.17) is 5.73 Å². The fraction of sp³-hybridized carbons (Fsp3) is 0.118. The van der Waals surface area contributed by atoms with Crippen molar-refractivity contribution in [3.05, 3.63) is 64.7 Å². The largest absolute Gasteiger partial charge is 0.370 e. The maximum atomic E-state index is 14.2. The number of aromatic nitrogens is 2. The number of nitrogens with zero attached hydrogens (tertiary/aromatic N) is 2. The van der Waals surface area contributed by atoms with E-state index in [1.165, 1.54) is 28.5 Å². The summed E-state index contributed by atoms with van der Waals surface area (Å²) < 4.78 is 15.5. The van der Waals surface area contributed by atoms with Gasteiger partial charge in [0.25, 0.3) is 5.56 Å². The van der Waals surface area contributed by atoms with Gasteiger partial charge in [0.05, 0.1) is 16.6 Å². The highest BCUT2D eigenvalue weighted by Crippen LogP contribution is 2.23. The molecule has 5 nitrogen and oxygen atoms in total. The van der Waals surface area contributed by atoms with Crippen molar-refractivity contribution in [3.8, 4) is 5.69 Å². The molecule has 1 heterocycles. The maximum Gasteiger partial charge on any atom is 0.266 e. The van der Waals surface area contributed by atoms with Gasteiger partial charge < -0.3 is 5.73 Å². The maximum absolute atomic E-state index is 14.2. The van der Waals surface area contributed by atoms with Gasteiger partial charge in [0.15, 0.2) is 5.16 Å². The molecule has 0 aliphatic carbocycles. The predicted molar refractivity (Wildman–Crippen MR) is 91.8 cm³/mol. The normalized spacial score (nSPS) is 10.9. The fourth-order valence-corrected chi connectivity index (χ4v) is 3.26. The first kappa shape index (κ1) is 16.2. The molecule has 1 amide bonds. The summed E-state index contributed by atoms with van der Waals surface area (Å²) in [5, 5.41) is 0.727. The molecular formula is C17H14FN3O2S. The Kier molecular flexibility index (Phi) is 4.61. The van der Waals surface area contributed by atoms with Crippen molar-refractivity contribution in [2.24, 2.45) is 5.73 Å². The summed E-state index contributed by atoms with van der Waals surface area (Å²) in [6.45, 7) is 0. The first-order valence-electron chi connectivity index (χ1n) is 7.25. The third-order valence-corrected chi connectivity index (χ3v) is 4.36. The number of halogens is 1. The van der Waals surface area contributed by atoms with E-state index in [1.807, 2.05) is 0 Å². The third kappa shape index (κ3) is 3.16. The van der Waals surface area contributed by atoms with Crippen molar-refractivity contribution >= 4 is 28.6 Å². The Morgan fingerprint density at radius 2 is 1.88 bits per heavy atom. The molecule has 2 N–H and O–H groups in total. The number of hydrogen-bond donors (Lipinski definition) is 1. The molecule has 0 bridgehead atoms. The number of fused-ring (bicyclic) bond motifs is 1. The number of primary amides is 1. The van der Waals surface area contributed by atoms with Gasteiger partial charge in [-0.15, -0.1) is 0 Å². The van der Waals surface area contributed by atoms with Gasteiger partial charge >= 0.3 is 0 Å². The minimum atomic E-state index is -0.520. The Balaban J connectivity index is 2.20. The van der Waals surface area contributed by atoms with Crippen LogP contribution in [0, 0.1) is 5.82 Å². The average Bonchev–Trinajstić information content (AvgIpc) is 2.56. The van der Waals surface area contributed by atoms with Gasteiger partial charge in [-0.1, -0.05) is 36.0 Å². The van der Waals surface area contributed by atoms with Crippen LogP contribution in [-0.2, 0) is 4.79 Å². The van der Waals surface area contributed by atoms with Crippen LogP contribution in [0.1, 0.15) is 6.42 Å². The lowest BCUT2D eigenvalue weighted by Crippen LogP contribution is -2.23. The molecule has 3 aromatic rings. The highest BCUT2D eigenvalue weighted by atomic mass is 32.2. The molecule has 7 heteroatoms. The zero-order valence-electron chi connectivity index (χ0n) is 12.6. The van der Waals surface area contributed by atoms with E-state index in [9.17, 15) is 14.0 Å². The van der Waals surface area contributed by atoms with Crippen molar-refractivity contribution in [1.82, 2.24) is 9.55 Å². The molecule has 24 heavy (non-hydrogen) atoms. The second-order valence-electron chi connectivity index (χ2n) is 5.07. The van der Waals surface area contributed by atoms with Gasteiger partial charge in [0.2, 0.25) is 5.91 Å². The zero-order chi connectivity index (χ0) is 17.1. The number of rotatable bonds is 5. The molecule has 0 saturated heterocycles. The number of hydrogen-bond acceptors (Lipinski definition) is 4. The molecular weight excluding hydrogens is 329 g/mol. The summed E-state index contributed by atoms with van der Waals surface area (Å²) in [7, 11) is 0. The summed E-state index contributed by atoms with van der Waals surface area (Å²) in [6.07, 6.45) is 0.143. The van der Waals surface area contributed by atoms with Crippen LogP contribution in [0.3, 0.4) is 0 Å². The number of thioether (sulfide) groups is 1. The van der Waals surface area contributed by atoms with E-state index in [-0.39, 0.29) is 17.7 Å². The summed E-state index contributed by atoms with van der Waals surface area (Å²) in [6, 6.07) is 12.9. The Labute approximate surface area is 141 Å². The molecule has 0 saturated carbocycles. The monoisotopic (exact) mass is 343 g/mol. The fourth-order valence-electron chi connectivity index (χ4n) is 2.30. The van der Waals surface area contributed by atoms with Gasteiger partial charge in [-0.25, -0.2) is 9.37 Å². The summed E-state index contributed by atoms with van der Waals surface area (Å²) in [5.74, 6) is -0.606. The first-order valence-corrected chi connectivity index (χ1v) is 8.24. The molecule has 1 aromatic heterocycles. The van der Waals surface area contributed by atoms with Gasteiger partial charge in [0, 0.05) is 12.2 Å². The number of carbonyl (C=O) groups excluding carboxylic acids is 1. The van der Waals surface area contributed by atoms with Gasteiger partial charge in [-0.05, 0) is 24.3 Å². The van der Waals surface area contributed by atoms with E-state index in [2.05, 4.69) is 4.98 Å². The standard InChI is InChI=1S/C17H14FN3O2S/c18-12-6-2-4-8-14(12)21-16(23)11-5-1-3-7-13(11)20-17(21)24-10-9-15(19)22/h1-8H,9-10H2,(H2,19,22). The van der Waals surface area contributed by atoms with Crippen molar-refractivity contribution in [1.29, 1.82) is 0 Å². The number of carbonyl (C=O) groups is 1. The second-order valence-corrected chi connectivity index (χ2v) is 6.13. The van der Waals surface area contributed by atoms with E-state index in [0.29, 0.717) is 21.8 Å². The minimum absolute atomic E-state index is 0.127. The van der Waals surface area contributed by atoms with Crippen LogP contribution in [0.5, 0.6) is 0 Å². The highest BCUT2D eigenvalue weighted by Gasteiger charge is 2.15. The minimum Gasteiger partial charge on any atom is -0.370 e. The lowest BCUT2D eigenvalue weighted by atomic mass is 10.2. The summed E-state index contributed by atoms with van der Waals surface area (Å²) in [4.78, 5) is 28.2. The average molecular weight is 343 g/mol.